The number of benzene rings is 1. The van der Waals surface area contributed by atoms with Crippen LogP contribution in [0.15, 0.2) is 22.7 Å². The minimum absolute atomic E-state index is 0.00261. The van der Waals surface area contributed by atoms with Gasteiger partial charge in [-0.05, 0) is 28.9 Å². The van der Waals surface area contributed by atoms with Gasteiger partial charge in [0.15, 0.2) is 0 Å². The zero-order chi connectivity index (χ0) is 12.1. The summed E-state index contributed by atoms with van der Waals surface area (Å²) < 4.78 is 11.1. The van der Waals surface area contributed by atoms with Crippen molar-refractivity contribution in [3.8, 4) is 5.75 Å². The normalized spacial score (nSPS) is 12.2. The van der Waals surface area contributed by atoms with Gasteiger partial charge in [-0.1, -0.05) is 0 Å². The smallest absolute Gasteiger partial charge is 0.273 e. The number of hydrogen-bond acceptors (Lipinski definition) is 4. The molecule has 6 heteroatoms. The van der Waals surface area contributed by atoms with Crippen molar-refractivity contribution in [1.29, 1.82) is 0 Å². The fraction of sp³-hybridized carbons (Fsp3) is 0.400. The van der Waals surface area contributed by atoms with Crippen LogP contribution in [0.4, 0.5) is 5.69 Å². The molecule has 0 radical (unpaired) electrons. The summed E-state index contributed by atoms with van der Waals surface area (Å²) in [5.41, 5.74) is 0.00261. The van der Waals surface area contributed by atoms with Gasteiger partial charge in [-0.3, -0.25) is 10.1 Å². The average molecular weight is 290 g/mol. The summed E-state index contributed by atoms with van der Waals surface area (Å²) in [5, 5.41) is 10.6. The molecule has 0 spiro atoms. The van der Waals surface area contributed by atoms with Gasteiger partial charge in [-0.25, -0.2) is 0 Å². The summed E-state index contributed by atoms with van der Waals surface area (Å²) in [6.45, 7) is 2.25. The number of nitro benzene ring substituents is 1. The van der Waals surface area contributed by atoms with E-state index in [9.17, 15) is 10.1 Å². The molecule has 1 unspecified atom stereocenters. The Bertz CT molecular complexity index is 383. The van der Waals surface area contributed by atoms with Gasteiger partial charge in [0.25, 0.3) is 5.69 Å². The number of nitro groups is 1. The Morgan fingerprint density at radius 1 is 1.56 bits per heavy atom. The van der Waals surface area contributed by atoms with E-state index in [1.807, 2.05) is 6.92 Å². The molecule has 0 heterocycles. The maximum absolute atomic E-state index is 10.6. The number of methoxy groups -OCH3 is 1. The second-order valence-corrected chi connectivity index (χ2v) is 4.11. The van der Waals surface area contributed by atoms with Crippen molar-refractivity contribution >= 4 is 21.6 Å². The Balaban J connectivity index is 2.85. The molecule has 0 fully saturated rings. The lowest BCUT2D eigenvalue weighted by atomic mass is 10.3. The highest BCUT2D eigenvalue weighted by molar-refractivity contribution is 9.10. The SMILES string of the molecule is COCC(C)Oc1cc([N+](=O)[O-])ccc1Br. The van der Waals surface area contributed by atoms with Crippen molar-refractivity contribution in [1.82, 2.24) is 0 Å². The Morgan fingerprint density at radius 3 is 2.81 bits per heavy atom. The largest absolute Gasteiger partial charge is 0.487 e. The molecular formula is C10H12BrNO4. The quantitative estimate of drug-likeness (QED) is 0.618. The predicted molar refractivity (Wildman–Crippen MR) is 62.8 cm³/mol. The Labute approximate surface area is 102 Å². The molecular weight excluding hydrogens is 278 g/mol. The molecule has 0 saturated heterocycles. The second kappa shape index (κ2) is 5.81. The first-order valence-electron chi connectivity index (χ1n) is 4.64. The molecule has 1 atom stereocenters. The lowest BCUT2D eigenvalue weighted by Crippen LogP contribution is -2.18. The third-order valence-corrected chi connectivity index (χ3v) is 2.51. The van der Waals surface area contributed by atoms with Crippen LogP contribution >= 0.6 is 15.9 Å². The van der Waals surface area contributed by atoms with Gasteiger partial charge in [0.1, 0.15) is 11.9 Å². The molecule has 0 N–H and O–H groups in total. The molecule has 0 saturated carbocycles. The third-order valence-electron chi connectivity index (χ3n) is 1.86. The van der Waals surface area contributed by atoms with Crippen LogP contribution in [0.3, 0.4) is 0 Å². The highest BCUT2D eigenvalue weighted by Crippen LogP contribution is 2.29. The first-order valence-corrected chi connectivity index (χ1v) is 5.43. The summed E-state index contributed by atoms with van der Waals surface area (Å²) in [5.74, 6) is 0.443. The molecule has 1 aromatic carbocycles. The Kier molecular flexibility index (Phi) is 4.70. The van der Waals surface area contributed by atoms with E-state index in [-0.39, 0.29) is 11.8 Å². The minimum atomic E-state index is -0.458. The third kappa shape index (κ3) is 3.46. The van der Waals surface area contributed by atoms with E-state index in [1.54, 1.807) is 13.2 Å². The average Bonchev–Trinajstić information content (AvgIpc) is 2.21. The van der Waals surface area contributed by atoms with Crippen LogP contribution in [0.25, 0.3) is 0 Å². The van der Waals surface area contributed by atoms with E-state index in [1.165, 1.54) is 12.1 Å². The van der Waals surface area contributed by atoms with Crippen LogP contribution in [-0.4, -0.2) is 24.7 Å². The molecule has 16 heavy (non-hydrogen) atoms. The summed E-state index contributed by atoms with van der Waals surface area (Å²) in [6, 6.07) is 4.39. The fourth-order valence-corrected chi connectivity index (χ4v) is 1.52. The maximum atomic E-state index is 10.6. The molecule has 5 nitrogen and oxygen atoms in total. The number of nitrogens with zero attached hydrogens (tertiary/aromatic N) is 1. The van der Waals surface area contributed by atoms with Crippen molar-refractivity contribution in [2.24, 2.45) is 0 Å². The van der Waals surface area contributed by atoms with Crippen LogP contribution in [0.5, 0.6) is 5.75 Å². The van der Waals surface area contributed by atoms with Crippen molar-refractivity contribution in [2.75, 3.05) is 13.7 Å². The van der Waals surface area contributed by atoms with Gasteiger partial charge in [0.05, 0.1) is 22.1 Å². The standard InChI is InChI=1S/C10H12BrNO4/c1-7(6-15-2)16-10-5-8(12(13)14)3-4-9(10)11/h3-5,7H,6H2,1-2H3. The van der Waals surface area contributed by atoms with Gasteiger partial charge >= 0.3 is 0 Å². The van der Waals surface area contributed by atoms with E-state index in [0.717, 1.165) is 0 Å². The lowest BCUT2D eigenvalue weighted by molar-refractivity contribution is -0.385. The highest BCUT2D eigenvalue weighted by Gasteiger charge is 2.12. The number of hydrogen-bond donors (Lipinski definition) is 0. The molecule has 0 aromatic heterocycles. The van der Waals surface area contributed by atoms with Crippen molar-refractivity contribution in [3.05, 3.63) is 32.8 Å². The van der Waals surface area contributed by atoms with Crippen molar-refractivity contribution in [2.45, 2.75) is 13.0 Å². The fourth-order valence-electron chi connectivity index (χ4n) is 1.18. The van der Waals surface area contributed by atoms with Crippen molar-refractivity contribution in [3.63, 3.8) is 0 Å². The van der Waals surface area contributed by atoms with Gasteiger partial charge in [-0.2, -0.15) is 0 Å². The van der Waals surface area contributed by atoms with Crippen LogP contribution in [0.1, 0.15) is 6.92 Å². The van der Waals surface area contributed by atoms with Gasteiger partial charge < -0.3 is 9.47 Å². The van der Waals surface area contributed by atoms with Crippen molar-refractivity contribution < 1.29 is 14.4 Å². The van der Waals surface area contributed by atoms with Gasteiger partial charge in [0.2, 0.25) is 0 Å². The molecule has 0 amide bonds. The molecule has 1 rings (SSSR count). The van der Waals surface area contributed by atoms with E-state index in [4.69, 9.17) is 9.47 Å². The summed E-state index contributed by atoms with van der Waals surface area (Å²) >= 11 is 3.27. The van der Waals surface area contributed by atoms with Crippen LogP contribution in [0, 0.1) is 10.1 Å². The first-order chi connectivity index (χ1) is 7.54. The van der Waals surface area contributed by atoms with Crippen LogP contribution in [0.2, 0.25) is 0 Å². The Morgan fingerprint density at radius 2 is 2.25 bits per heavy atom. The zero-order valence-corrected chi connectivity index (χ0v) is 10.6. The molecule has 0 bridgehead atoms. The molecule has 1 aromatic rings. The van der Waals surface area contributed by atoms with Gasteiger partial charge in [-0.15, -0.1) is 0 Å². The summed E-state index contributed by atoms with van der Waals surface area (Å²) in [7, 11) is 1.57. The van der Waals surface area contributed by atoms with Crippen LogP contribution in [-0.2, 0) is 4.74 Å². The van der Waals surface area contributed by atoms with Gasteiger partial charge in [0, 0.05) is 13.2 Å². The molecule has 0 aliphatic rings. The van der Waals surface area contributed by atoms with E-state index in [2.05, 4.69) is 15.9 Å². The second-order valence-electron chi connectivity index (χ2n) is 3.26. The Hall–Kier alpha value is -1.14. The van der Waals surface area contributed by atoms with Crippen LogP contribution < -0.4 is 4.74 Å². The number of halogens is 1. The zero-order valence-electron chi connectivity index (χ0n) is 8.97. The molecule has 0 aliphatic carbocycles. The first kappa shape index (κ1) is 12.9. The maximum Gasteiger partial charge on any atom is 0.273 e. The summed E-state index contributed by atoms with van der Waals surface area (Å²) in [4.78, 5) is 10.1. The summed E-state index contributed by atoms with van der Waals surface area (Å²) in [6.07, 6.45) is -0.164. The lowest BCUT2D eigenvalue weighted by Gasteiger charge is -2.14. The minimum Gasteiger partial charge on any atom is -0.487 e. The topological polar surface area (TPSA) is 61.6 Å². The highest BCUT2D eigenvalue weighted by atomic mass is 79.9. The molecule has 0 aliphatic heterocycles. The predicted octanol–water partition coefficient (Wildman–Crippen LogP) is 2.77. The number of ether oxygens (including phenoxy) is 2. The van der Waals surface area contributed by atoms with E-state index < -0.39 is 4.92 Å². The molecule has 88 valence electrons. The number of non-ortho nitro benzene ring substituents is 1. The van der Waals surface area contributed by atoms with E-state index >= 15 is 0 Å². The number of rotatable bonds is 5. The van der Waals surface area contributed by atoms with E-state index in [0.29, 0.717) is 16.8 Å². The monoisotopic (exact) mass is 289 g/mol.